The lowest BCUT2D eigenvalue weighted by Crippen LogP contribution is -2.42. The van der Waals surface area contributed by atoms with Crippen LogP contribution in [0.1, 0.15) is 30.0 Å². The van der Waals surface area contributed by atoms with Gasteiger partial charge in [0.2, 0.25) is 5.91 Å². The largest absolute Gasteiger partial charge is 0.325 e. The molecular formula is C21H19ClFN3O3. The molecule has 150 valence electrons. The number of carbonyl (C=O) groups is 3. The highest BCUT2D eigenvalue weighted by Crippen LogP contribution is 2.32. The van der Waals surface area contributed by atoms with E-state index in [1.807, 2.05) is 18.2 Å². The van der Waals surface area contributed by atoms with Crippen molar-refractivity contribution in [1.82, 2.24) is 10.2 Å². The molecule has 1 aliphatic heterocycles. The zero-order valence-electron chi connectivity index (χ0n) is 15.7. The molecule has 1 aliphatic carbocycles. The number of rotatable bonds is 4. The summed E-state index contributed by atoms with van der Waals surface area (Å²) >= 11 is 5.90. The predicted molar refractivity (Wildman–Crippen MR) is 106 cm³/mol. The highest BCUT2D eigenvalue weighted by molar-refractivity contribution is 6.33. The summed E-state index contributed by atoms with van der Waals surface area (Å²) in [7, 11) is 0. The fraction of sp³-hybridized carbons (Fsp3) is 0.286. The summed E-state index contributed by atoms with van der Waals surface area (Å²) in [5, 5.41) is 5.23. The molecule has 6 nitrogen and oxygen atoms in total. The third-order valence-corrected chi connectivity index (χ3v) is 5.77. The van der Waals surface area contributed by atoms with Gasteiger partial charge in [-0.05, 0) is 61.1 Å². The van der Waals surface area contributed by atoms with Crippen molar-refractivity contribution < 1.29 is 18.8 Å². The average Bonchev–Trinajstić information content (AvgIpc) is 3.22. The standard InChI is InChI=1S/C21H19ClFN3O3/c1-21(14-6-5-12-3-2-4-13(12)9-14)19(28)26(20(29)25-21)11-18(27)24-17-8-7-15(23)10-16(17)22/h5-10H,2-4,11H2,1H3,(H,24,27)(H,25,29). The molecule has 0 radical (unpaired) electrons. The van der Waals surface area contributed by atoms with Crippen molar-refractivity contribution in [2.75, 3.05) is 11.9 Å². The van der Waals surface area contributed by atoms with Gasteiger partial charge < -0.3 is 10.6 Å². The Morgan fingerprint density at radius 3 is 2.72 bits per heavy atom. The maximum Gasteiger partial charge on any atom is 0.325 e. The number of hydrogen-bond donors (Lipinski definition) is 2. The first-order valence-corrected chi connectivity index (χ1v) is 9.67. The molecule has 4 amide bonds. The van der Waals surface area contributed by atoms with Crippen molar-refractivity contribution in [3.63, 3.8) is 0 Å². The maximum absolute atomic E-state index is 13.1. The highest BCUT2D eigenvalue weighted by Gasteiger charge is 2.49. The van der Waals surface area contributed by atoms with Crippen LogP contribution in [0.5, 0.6) is 0 Å². The number of hydrogen-bond acceptors (Lipinski definition) is 3. The summed E-state index contributed by atoms with van der Waals surface area (Å²) in [4.78, 5) is 38.7. The molecular weight excluding hydrogens is 397 g/mol. The molecule has 2 N–H and O–H groups in total. The molecule has 0 saturated carbocycles. The molecule has 0 spiro atoms. The van der Waals surface area contributed by atoms with E-state index in [-0.39, 0.29) is 10.7 Å². The van der Waals surface area contributed by atoms with Crippen molar-refractivity contribution in [2.24, 2.45) is 0 Å². The Balaban J connectivity index is 1.51. The fourth-order valence-corrected chi connectivity index (χ4v) is 4.06. The van der Waals surface area contributed by atoms with Crippen molar-refractivity contribution in [3.05, 3.63) is 63.9 Å². The van der Waals surface area contributed by atoms with Crippen LogP contribution in [0.4, 0.5) is 14.9 Å². The van der Waals surface area contributed by atoms with Gasteiger partial charge in [-0.2, -0.15) is 0 Å². The predicted octanol–water partition coefficient (Wildman–Crippen LogP) is 3.37. The third-order valence-electron chi connectivity index (χ3n) is 5.46. The lowest BCUT2D eigenvalue weighted by Gasteiger charge is -2.23. The van der Waals surface area contributed by atoms with Gasteiger partial charge in [0.1, 0.15) is 17.9 Å². The van der Waals surface area contributed by atoms with Crippen molar-refractivity contribution in [3.8, 4) is 0 Å². The molecule has 2 aliphatic rings. The number of carbonyl (C=O) groups excluding carboxylic acids is 3. The number of anilines is 1. The first-order chi connectivity index (χ1) is 13.8. The Bertz CT molecular complexity index is 1040. The van der Waals surface area contributed by atoms with Crippen molar-refractivity contribution in [2.45, 2.75) is 31.7 Å². The molecule has 29 heavy (non-hydrogen) atoms. The Labute approximate surface area is 172 Å². The lowest BCUT2D eigenvalue weighted by molar-refractivity contribution is -0.133. The lowest BCUT2D eigenvalue weighted by atomic mass is 9.89. The molecule has 1 heterocycles. The molecule has 2 aromatic rings. The molecule has 1 unspecified atom stereocenters. The Morgan fingerprint density at radius 2 is 1.97 bits per heavy atom. The van der Waals surface area contributed by atoms with E-state index in [4.69, 9.17) is 11.6 Å². The Kier molecular flexibility index (Phi) is 4.78. The number of aryl methyl sites for hydroxylation is 2. The molecule has 1 saturated heterocycles. The summed E-state index contributed by atoms with van der Waals surface area (Å²) in [6, 6.07) is 8.70. The normalized spacial score (nSPS) is 20.6. The molecule has 1 fully saturated rings. The fourth-order valence-electron chi connectivity index (χ4n) is 3.84. The van der Waals surface area contributed by atoms with E-state index in [1.165, 1.54) is 17.2 Å². The van der Waals surface area contributed by atoms with Gasteiger partial charge in [-0.1, -0.05) is 29.8 Å². The minimum absolute atomic E-state index is 0.0264. The summed E-state index contributed by atoms with van der Waals surface area (Å²) in [6.45, 7) is 1.16. The number of benzene rings is 2. The second-order valence-electron chi connectivity index (χ2n) is 7.46. The van der Waals surface area contributed by atoms with Crippen LogP contribution in [0, 0.1) is 5.82 Å². The van der Waals surface area contributed by atoms with Crippen LogP contribution in [0.2, 0.25) is 5.02 Å². The van der Waals surface area contributed by atoms with Gasteiger partial charge in [0, 0.05) is 0 Å². The van der Waals surface area contributed by atoms with Crippen LogP contribution in [-0.2, 0) is 28.0 Å². The van der Waals surface area contributed by atoms with E-state index < -0.39 is 35.7 Å². The number of halogens is 2. The second-order valence-corrected chi connectivity index (χ2v) is 7.86. The van der Waals surface area contributed by atoms with E-state index in [1.54, 1.807) is 6.92 Å². The van der Waals surface area contributed by atoms with Gasteiger partial charge in [0.25, 0.3) is 5.91 Å². The third kappa shape index (κ3) is 3.46. The minimum atomic E-state index is -1.23. The van der Waals surface area contributed by atoms with E-state index >= 15 is 0 Å². The smallest absolute Gasteiger partial charge is 0.323 e. The van der Waals surface area contributed by atoms with E-state index in [0.717, 1.165) is 36.3 Å². The van der Waals surface area contributed by atoms with Gasteiger partial charge in [-0.15, -0.1) is 0 Å². The molecule has 4 rings (SSSR count). The monoisotopic (exact) mass is 415 g/mol. The number of nitrogens with zero attached hydrogens (tertiary/aromatic N) is 1. The van der Waals surface area contributed by atoms with Gasteiger partial charge in [-0.3, -0.25) is 14.5 Å². The number of nitrogens with one attached hydrogen (secondary N) is 2. The van der Waals surface area contributed by atoms with Gasteiger partial charge in [0.05, 0.1) is 10.7 Å². The van der Waals surface area contributed by atoms with E-state index in [0.29, 0.717) is 5.56 Å². The summed E-state index contributed by atoms with van der Waals surface area (Å²) < 4.78 is 13.1. The highest BCUT2D eigenvalue weighted by atomic mass is 35.5. The minimum Gasteiger partial charge on any atom is -0.323 e. The zero-order valence-corrected chi connectivity index (χ0v) is 16.5. The topological polar surface area (TPSA) is 78.5 Å². The van der Waals surface area contributed by atoms with Gasteiger partial charge in [0.15, 0.2) is 0 Å². The summed E-state index contributed by atoms with van der Waals surface area (Å²) in [6.07, 6.45) is 3.05. The molecule has 0 bridgehead atoms. The van der Waals surface area contributed by atoms with Crippen LogP contribution in [0.15, 0.2) is 36.4 Å². The van der Waals surface area contributed by atoms with Crippen LogP contribution >= 0.6 is 11.6 Å². The van der Waals surface area contributed by atoms with Crippen molar-refractivity contribution >= 4 is 35.1 Å². The average molecular weight is 416 g/mol. The second kappa shape index (κ2) is 7.15. The van der Waals surface area contributed by atoms with Gasteiger partial charge in [-0.25, -0.2) is 9.18 Å². The van der Waals surface area contributed by atoms with Crippen LogP contribution in [0.25, 0.3) is 0 Å². The first kappa shape index (κ1) is 19.4. The number of fused-ring (bicyclic) bond motifs is 1. The molecule has 8 heteroatoms. The SMILES string of the molecule is CC1(c2ccc3c(c2)CCC3)NC(=O)N(CC(=O)Nc2ccc(F)cc2Cl)C1=O. The van der Waals surface area contributed by atoms with Crippen LogP contribution < -0.4 is 10.6 Å². The van der Waals surface area contributed by atoms with E-state index in [9.17, 15) is 18.8 Å². The summed E-state index contributed by atoms with van der Waals surface area (Å²) in [5.41, 5.74) is 2.12. The van der Waals surface area contributed by atoms with Crippen LogP contribution in [0.3, 0.4) is 0 Å². The molecule has 1 atom stereocenters. The zero-order chi connectivity index (χ0) is 20.8. The van der Waals surface area contributed by atoms with Crippen molar-refractivity contribution in [1.29, 1.82) is 0 Å². The Morgan fingerprint density at radius 1 is 1.21 bits per heavy atom. The van der Waals surface area contributed by atoms with E-state index in [2.05, 4.69) is 10.6 Å². The number of amides is 4. The van der Waals surface area contributed by atoms with Gasteiger partial charge >= 0.3 is 6.03 Å². The Hall–Kier alpha value is -2.93. The van der Waals surface area contributed by atoms with Crippen LogP contribution in [-0.4, -0.2) is 29.3 Å². The quantitative estimate of drug-likeness (QED) is 0.751. The number of urea groups is 1. The maximum atomic E-state index is 13.1. The molecule has 2 aromatic carbocycles. The first-order valence-electron chi connectivity index (χ1n) is 9.29. The summed E-state index contributed by atoms with van der Waals surface area (Å²) in [5.74, 6) is -1.65. The number of imide groups is 1. The molecule has 0 aromatic heterocycles.